The average molecular weight is 750 g/mol. The molecule has 0 aliphatic heterocycles. The molecule has 0 amide bonds. The summed E-state index contributed by atoms with van der Waals surface area (Å²) in [4.78, 5) is 27.3. The molecule has 0 fully saturated rings. The van der Waals surface area contributed by atoms with Gasteiger partial charge in [-0.05, 0) is 119 Å². The van der Waals surface area contributed by atoms with Gasteiger partial charge < -0.3 is 11.5 Å². The normalized spacial score (nSPS) is 10.4. The van der Waals surface area contributed by atoms with Crippen LogP contribution in [0.15, 0.2) is 170 Å². The van der Waals surface area contributed by atoms with Crippen LogP contribution in [0.4, 0.5) is 11.4 Å². The Morgan fingerprint density at radius 1 is 0.294 bits per heavy atom. The van der Waals surface area contributed by atoms with Crippen molar-refractivity contribution < 1.29 is 19.5 Å². The number of pyridine rings is 6. The van der Waals surface area contributed by atoms with Gasteiger partial charge in [0, 0.05) is 55.6 Å². The standard InChI is InChI=1S/2C21H16N4.Ru/c2*22-17-9-7-15(8-10-17)16-13-20(18-5-1-3-11-23-18)25-21(14-16)19-6-2-4-12-24-19;/h2*1-14H,22H2;. The Morgan fingerprint density at radius 2 is 0.569 bits per heavy atom. The molecule has 0 radical (unpaired) electrons. The van der Waals surface area contributed by atoms with Gasteiger partial charge in [0.15, 0.2) is 0 Å². The second kappa shape index (κ2) is 16.3. The molecule has 0 atom stereocenters. The van der Waals surface area contributed by atoms with Crippen molar-refractivity contribution >= 4 is 11.4 Å². The van der Waals surface area contributed by atoms with Gasteiger partial charge in [-0.3, -0.25) is 19.9 Å². The summed E-state index contributed by atoms with van der Waals surface area (Å²) in [6.07, 6.45) is 7.08. The molecule has 0 saturated carbocycles. The van der Waals surface area contributed by atoms with E-state index in [-0.39, 0.29) is 19.5 Å². The Balaban J connectivity index is 0.000000172. The van der Waals surface area contributed by atoms with Crippen molar-refractivity contribution in [2.24, 2.45) is 0 Å². The summed E-state index contributed by atoms with van der Waals surface area (Å²) in [5.41, 5.74) is 24.0. The van der Waals surface area contributed by atoms with Crippen molar-refractivity contribution in [2.75, 3.05) is 11.5 Å². The van der Waals surface area contributed by atoms with Crippen LogP contribution in [-0.2, 0) is 19.5 Å². The van der Waals surface area contributed by atoms with E-state index in [4.69, 9.17) is 21.4 Å². The van der Waals surface area contributed by atoms with Crippen LogP contribution >= 0.6 is 0 Å². The Morgan fingerprint density at radius 3 is 0.804 bits per heavy atom. The summed E-state index contributed by atoms with van der Waals surface area (Å²) >= 11 is 0. The molecule has 0 saturated heterocycles. The molecule has 9 heteroatoms. The molecule has 0 unspecified atom stereocenters. The Hall–Kier alpha value is -6.44. The van der Waals surface area contributed by atoms with Crippen LogP contribution < -0.4 is 11.5 Å². The molecule has 2 aromatic carbocycles. The summed E-state index contributed by atoms with van der Waals surface area (Å²) in [5.74, 6) is 0. The van der Waals surface area contributed by atoms with Crippen LogP contribution in [0.3, 0.4) is 0 Å². The molecule has 8 rings (SSSR count). The Kier molecular flexibility index (Phi) is 11.0. The molecule has 0 spiro atoms. The minimum Gasteiger partial charge on any atom is -0.399 e. The number of nitrogen functional groups attached to an aromatic ring is 2. The van der Waals surface area contributed by atoms with Crippen molar-refractivity contribution in [1.82, 2.24) is 29.9 Å². The predicted octanol–water partition coefficient (Wildman–Crippen LogP) is 8.91. The van der Waals surface area contributed by atoms with E-state index in [2.05, 4.69) is 19.9 Å². The quantitative estimate of drug-likeness (QED) is 0.127. The smallest absolute Gasteiger partial charge is 0.0900 e. The number of benzene rings is 2. The average Bonchev–Trinajstić information content (AvgIpc) is 3.20. The SMILES string of the molecule is Nc1ccc(-c2cc(-c3ccccn3)nc(-c3ccccn3)c2)cc1.Nc1ccc(-c2cc(-c3ccccn3)nc(-c3ccccn3)c2)cc1.[Ru]. The van der Waals surface area contributed by atoms with Crippen molar-refractivity contribution in [2.45, 2.75) is 0 Å². The van der Waals surface area contributed by atoms with E-state index in [1.807, 2.05) is 146 Å². The molecule has 51 heavy (non-hydrogen) atoms. The zero-order valence-electron chi connectivity index (χ0n) is 27.4. The fourth-order valence-electron chi connectivity index (χ4n) is 5.33. The molecule has 0 bridgehead atoms. The molecule has 248 valence electrons. The zero-order chi connectivity index (χ0) is 34.1. The zero-order valence-corrected chi connectivity index (χ0v) is 29.1. The molecule has 6 aromatic heterocycles. The summed E-state index contributed by atoms with van der Waals surface area (Å²) in [7, 11) is 0. The number of hydrogen-bond donors (Lipinski definition) is 2. The second-order valence-electron chi connectivity index (χ2n) is 11.4. The first-order valence-electron chi connectivity index (χ1n) is 16.0. The van der Waals surface area contributed by atoms with Crippen LogP contribution in [0.25, 0.3) is 67.8 Å². The molecular weight excluding hydrogens is 718 g/mol. The summed E-state index contributed by atoms with van der Waals surface area (Å²) in [5, 5.41) is 0. The van der Waals surface area contributed by atoms with Crippen LogP contribution in [-0.4, -0.2) is 29.9 Å². The van der Waals surface area contributed by atoms with Crippen LogP contribution in [0, 0.1) is 0 Å². The van der Waals surface area contributed by atoms with E-state index in [0.717, 1.165) is 79.2 Å². The Bertz CT molecular complexity index is 2020. The fraction of sp³-hybridized carbons (Fsp3) is 0. The third-order valence-electron chi connectivity index (χ3n) is 7.85. The first kappa shape index (κ1) is 34.4. The van der Waals surface area contributed by atoms with Crippen LogP contribution in [0.2, 0.25) is 0 Å². The monoisotopic (exact) mass is 750 g/mol. The minimum absolute atomic E-state index is 0. The molecular formula is C42H32N8Ru. The van der Waals surface area contributed by atoms with Gasteiger partial charge in [-0.1, -0.05) is 48.5 Å². The van der Waals surface area contributed by atoms with Crippen molar-refractivity contribution in [3.8, 4) is 67.8 Å². The van der Waals surface area contributed by atoms with Crippen LogP contribution in [0.5, 0.6) is 0 Å². The van der Waals surface area contributed by atoms with Gasteiger partial charge in [0.05, 0.1) is 45.6 Å². The Labute approximate surface area is 309 Å². The number of rotatable bonds is 6. The van der Waals surface area contributed by atoms with E-state index in [9.17, 15) is 0 Å². The number of anilines is 2. The van der Waals surface area contributed by atoms with Gasteiger partial charge in [0.2, 0.25) is 0 Å². The van der Waals surface area contributed by atoms with Gasteiger partial charge in [0.1, 0.15) is 0 Å². The molecule has 8 aromatic rings. The molecule has 0 aliphatic rings. The molecule has 0 aliphatic carbocycles. The summed E-state index contributed by atoms with van der Waals surface area (Å²) < 4.78 is 0. The maximum absolute atomic E-state index is 5.81. The largest absolute Gasteiger partial charge is 0.399 e. The van der Waals surface area contributed by atoms with Crippen molar-refractivity contribution in [3.05, 3.63) is 170 Å². The maximum Gasteiger partial charge on any atom is 0.0900 e. The molecule has 6 heterocycles. The van der Waals surface area contributed by atoms with Crippen molar-refractivity contribution in [1.29, 1.82) is 0 Å². The first-order valence-corrected chi connectivity index (χ1v) is 16.0. The second-order valence-corrected chi connectivity index (χ2v) is 11.4. The van der Waals surface area contributed by atoms with E-state index in [0.29, 0.717) is 0 Å². The van der Waals surface area contributed by atoms with E-state index >= 15 is 0 Å². The molecule has 8 nitrogen and oxygen atoms in total. The number of hydrogen-bond acceptors (Lipinski definition) is 8. The number of nitrogens with zero attached hydrogens (tertiary/aromatic N) is 6. The van der Waals surface area contributed by atoms with Gasteiger partial charge in [-0.25, -0.2) is 9.97 Å². The summed E-state index contributed by atoms with van der Waals surface area (Å²) in [6.45, 7) is 0. The maximum atomic E-state index is 5.81. The van der Waals surface area contributed by atoms with Gasteiger partial charge >= 0.3 is 0 Å². The minimum atomic E-state index is 0. The van der Waals surface area contributed by atoms with E-state index in [1.54, 1.807) is 24.8 Å². The van der Waals surface area contributed by atoms with E-state index in [1.165, 1.54) is 0 Å². The molecule has 4 N–H and O–H groups in total. The van der Waals surface area contributed by atoms with Gasteiger partial charge in [0.25, 0.3) is 0 Å². The summed E-state index contributed by atoms with van der Waals surface area (Å²) in [6, 6.07) is 47.0. The topological polar surface area (TPSA) is 129 Å². The number of nitrogens with two attached hydrogens (primary N) is 2. The first-order chi connectivity index (χ1) is 24.6. The van der Waals surface area contributed by atoms with Crippen LogP contribution in [0.1, 0.15) is 0 Å². The van der Waals surface area contributed by atoms with Gasteiger partial charge in [-0.15, -0.1) is 0 Å². The third-order valence-corrected chi connectivity index (χ3v) is 7.85. The van der Waals surface area contributed by atoms with Crippen molar-refractivity contribution in [3.63, 3.8) is 0 Å². The van der Waals surface area contributed by atoms with Gasteiger partial charge in [-0.2, -0.15) is 0 Å². The fourth-order valence-corrected chi connectivity index (χ4v) is 5.33. The predicted molar refractivity (Wildman–Crippen MR) is 201 cm³/mol. The van der Waals surface area contributed by atoms with E-state index < -0.39 is 0 Å². The number of aromatic nitrogens is 6. The third kappa shape index (κ3) is 8.60.